The van der Waals surface area contributed by atoms with E-state index in [1.165, 1.54) is 0 Å². The molecule has 3 rings (SSSR count). The highest BCUT2D eigenvalue weighted by atomic mass is 19.2. The van der Waals surface area contributed by atoms with E-state index in [1.54, 1.807) is 35.2 Å². The van der Waals surface area contributed by atoms with Crippen molar-refractivity contribution in [1.29, 1.82) is 0 Å². The number of halogens is 3. The normalized spacial score (nSPS) is 15.7. The van der Waals surface area contributed by atoms with Crippen molar-refractivity contribution in [2.45, 2.75) is 25.3 Å². The molecule has 5 nitrogen and oxygen atoms in total. The first-order chi connectivity index (χ1) is 14.3. The largest absolute Gasteiger partial charge is 0.343 e. The summed E-state index contributed by atoms with van der Waals surface area (Å²) in [5, 5.41) is 2.62. The molecule has 1 aliphatic rings. The highest BCUT2D eigenvalue weighted by molar-refractivity contribution is 5.96. The fraction of sp³-hybridized carbons (Fsp3) is 0.364. The van der Waals surface area contributed by atoms with Crippen LogP contribution < -0.4 is 11.1 Å². The number of benzene rings is 2. The molecule has 2 aromatic carbocycles. The number of rotatable bonds is 6. The van der Waals surface area contributed by atoms with Crippen molar-refractivity contribution in [1.82, 2.24) is 10.2 Å². The van der Waals surface area contributed by atoms with Crippen LogP contribution in [-0.4, -0.2) is 42.4 Å². The minimum absolute atomic E-state index is 0.0282. The number of carbonyl (C=O) groups is 2. The van der Waals surface area contributed by atoms with E-state index in [0.29, 0.717) is 37.6 Å². The number of nitrogens with two attached hydrogens (primary N) is 1. The maximum atomic E-state index is 13.8. The third kappa shape index (κ3) is 5.38. The lowest BCUT2D eigenvalue weighted by Gasteiger charge is -2.35. The molecule has 3 N–H and O–H groups in total. The number of carbonyl (C=O) groups excluding carboxylic acids is 2. The second kappa shape index (κ2) is 9.75. The number of hydrogen-bond donors (Lipinski definition) is 2. The highest BCUT2D eigenvalue weighted by Crippen LogP contribution is 2.23. The zero-order valence-electron chi connectivity index (χ0n) is 16.4. The lowest BCUT2D eigenvalue weighted by molar-refractivity contribution is -0.131. The lowest BCUT2D eigenvalue weighted by Crippen LogP contribution is -2.47. The van der Waals surface area contributed by atoms with Gasteiger partial charge < -0.3 is 16.0 Å². The fourth-order valence-electron chi connectivity index (χ4n) is 3.68. The van der Waals surface area contributed by atoms with Crippen molar-refractivity contribution in [3.05, 3.63) is 71.0 Å². The molecule has 1 unspecified atom stereocenters. The third-order valence-electron chi connectivity index (χ3n) is 5.48. The van der Waals surface area contributed by atoms with E-state index in [2.05, 4.69) is 5.32 Å². The van der Waals surface area contributed by atoms with Crippen LogP contribution in [0.3, 0.4) is 0 Å². The molecule has 0 saturated carbocycles. The van der Waals surface area contributed by atoms with Crippen LogP contribution >= 0.6 is 0 Å². The van der Waals surface area contributed by atoms with E-state index in [4.69, 9.17) is 5.73 Å². The Morgan fingerprint density at radius 3 is 2.33 bits per heavy atom. The van der Waals surface area contributed by atoms with Gasteiger partial charge in [-0.15, -0.1) is 0 Å². The molecule has 0 spiro atoms. The Bertz CT molecular complexity index is 900. The summed E-state index contributed by atoms with van der Waals surface area (Å²) in [5.41, 5.74) is 6.71. The second-order valence-electron chi connectivity index (χ2n) is 7.49. The van der Waals surface area contributed by atoms with Crippen LogP contribution in [0.25, 0.3) is 0 Å². The molecule has 2 aromatic rings. The Hall–Kier alpha value is -2.87. The summed E-state index contributed by atoms with van der Waals surface area (Å²) in [6.45, 7) is 0.849. The standard InChI is InChI=1S/C22H24F3N3O2/c23-17-12-19(25)18(24)10-16(17)11-20(26)14-6-8-28(9-7-14)21(29)13-27-22(30)15-4-2-1-3-5-15/h1-5,10,12,14,20H,6-9,11,13,26H2,(H,27,30). The molecule has 1 aliphatic heterocycles. The monoisotopic (exact) mass is 419 g/mol. The topological polar surface area (TPSA) is 75.4 Å². The van der Waals surface area contributed by atoms with Crippen LogP contribution in [0.5, 0.6) is 0 Å². The summed E-state index contributed by atoms with van der Waals surface area (Å²) >= 11 is 0. The van der Waals surface area contributed by atoms with Crippen LogP contribution in [-0.2, 0) is 11.2 Å². The zero-order chi connectivity index (χ0) is 21.7. The summed E-state index contributed by atoms with van der Waals surface area (Å²) in [6, 6.07) is 9.58. The number of nitrogens with zero attached hydrogens (tertiary/aromatic N) is 1. The smallest absolute Gasteiger partial charge is 0.251 e. The fourth-order valence-corrected chi connectivity index (χ4v) is 3.68. The zero-order valence-corrected chi connectivity index (χ0v) is 16.4. The molecule has 0 aromatic heterocycles. The van der Waals surface area contributed by atoms with Gasteiger partial charge in [0.15, 0.2) is 11.6 Å². The van der Waals surface area contributed by atoms with Crippen LogP contribution in [0.4, 0.5) is 13.2 Å². The molecule has 1 saturated heterocycles. The van der Waals surface area contributed by atoms with Crippen LogP contribution in [0.1, 0.15) is 28.8 Å². The van der Waals surface area contributed by atoms with E-state index in [0.717, 1.165) is 6.07 Å². The second-order valence-corrected chi connectivity index (χ2v) is 7.49. The minimum atomic E-state index is -1.23. The predicted octanol–water partition coefficient (Wildman–Crippen LogP) is 2.64. The minimum Gasteiger partial charge on any atom is -0.343 e. The number of amides is 2. The van der Waals surface area contributed by atoms with Gasteiger partial charge in [-0.3, -0.25) is 9.59 Å². The molecule has 0 radical (unpaired) electrons. The Kier molecular flexibility index (Phi) is 7.10. The van der Waals surface area contributed by atoms with Crippen LogP contribution in [0.15, 0.2) is 42.5 Å². The molecule has 8 heteroatoms. The maximum absolute atomic E-state index is 13.8. The van der Waals surface area contributed by atoms with Crippen molar-refractivity contribution in [2.75, 3.05) is 19.6 Å². The molecular formula is C22H24F3N3O2. The van der Waals surface area contributed by atoms with Crippen molar-refractivity contribution >= 4 is 11.8 Å². The Morgan fingerprint density at radius 1 is 1.03 bits per heavy atom. The SMILES string of the molecule is NC(Cc1cc(F)c(F)cc1F)C1CCN(C(=O)CNC(=O)c2ccccc2)CC1. The third-order valence-corrected chi connectivity index (χ3v) is 5.48. The van der Waals surface area contributed by atoms with E-state index >= 15 is 0 Å². The van der Waals surface area contributed by atoms with Crippen LogP contribution in [0, 0.1) is 23.4 Å². The Labute approximate surface area is 173 Å². The van der Waals surface area contributed by atoms with Crippen molar-refractivity contribution in [3.8, 4) is 0 Å². The average Bonchev–Trinajstić information content (AvgIpc) is 2.76. The molecule has 160 valence electrons. The highest BCUT2D eigenvalue weighted by Gasteiger charge is 2.27. The number of nitrogens with one attached hydrogen (secondary N) is 1. The molecule has 1 atom stereocenters. The molecule has 1 heterocycles. The van der Waals surface area contributed by atoms with Gasteiger partial charge in [0, 0.05) is 30.8 Å². The van der Waals surface area contributed by atoms with Gasteiger partial charge in [-0.05, 0) is 48.9 Å². The van der Waals surface area contributed by atoms with Gasteiger partial charge in [0.2, 0.25) is 5.91 Å². The van der Waals surface area contributed by atoms with Gasteiger partial charge >= 0.3 is 0 Å². The number of likely N-dealkylation sites (tertiary alicyclic amines) is 1. The van der Waals surface area contributed by atoms with Gasteiger partial charge in [-0.2, -0.15) is 0 Å². The van der Waals surface area contributed by atoms with E-state index in [1.807, 2.05) is 0 Å². The predicted molar refractivity (Wildman–Crippen MR) is 106 cm³/mol. The summed E-state index contributed by atoms with van der Waals surface area (Å²) in [6.07, 6.45) is 1.32. The summed E-state index contributed by atoms with van der Waals surface area (Å²) < 4.78 is 40.3. The van der Waals surface area contributed by atoms with Crippen LogP contribution in [0.2, 0.25) is 0 Å². The molecule has 0 aliphatic carbocycles. The lowest BCUT2D eigenvalue weighted by atomic mass is 9.86. The van der Waals surface area contributed by atoms with Crippen molar-refractivity contribution in [2.24, 2.45) is 11.7 Å². The quantitative estimate of drug-likeness (QED) is 0.707. The van der Waals surface area contributed by atoms with Gasteiger partial charge in [0.1, 0.15) is 5.82 Å². The molecular weight excluding hydrogens is 395 g/mol. The number of hydrogen-bond acceptors (Lipinski definition) is 3. The molecule has 1 fully saturated rings. The first kappa shape index (κ1) is 21.8. The van der Waals surface area contributed by atoms with Gasteiger partial charge in [0.05, 0.1) is 6.54 Å². The van der Waals surface area contributed by atoms with Gasteiger partial charge in [0.25, 0.3) is 5.91 Å². The molecule has 0 bridgehead atoms. The molecule has 2 amide bonds. The first-order valence-electron chi connectivity index (χ1n) is 9.85. The van der Waals surface area contributed by atoms with E-state index in [9.17, 15) is 22.8 Å². The maximum Gasteiger partial charge on any atom is 0.251 e. The van der Waals surface area contributed by atoms with Gasteiger partial charge in [-0.1, -0.05) is 18.2 Å². The van der Waals surface area contributed by atoms with Gasteiger partial charge in [-0.25, -0.2) is 13.2 Å². The Balaban J connectivity index is 1.46. The van der Waals surface area contributed by atoms with Crippen molar-refractivity contribution in [3.63, 3.8) is 0 Å². The molecule has 30 heavy (non-hydrogen) atoms. The number of piperidine rings is 1. The first-order valence-corrected chi connectivity index (χ1v) is 9.85. The summed E-state index contributed by atoms with van der Waals surface area (Å²) in [7, 11) is 0. The van der Waals surface area contributed by atoms with E-state index in [-0.39, 0.29) is 36.3 Å². The average molecular weight is 419 g/mol. The Morgan fingerprint density at radius 2 is 1.67 bits per heavy atom. The van der Waals surface area contributed by atoms with Crippen molar-refractivity contribution < 1.29 is 22.8 Å². The summed E-state index contributed by atoms with van der Waals surface area (Å²) in [4.78, 5) is 26.1. The summed E-state index contributed by atoms with van der Waals surface area (Å²) in [5.74, 6) is -3.61. The van der Waals surface area contributed by atoms with E-state index < -0.39 is 23.5 Å².